The van der Waals surface area contributed by atoms with E-state index in [1.165, 1.54) is 0 Å². The van der Waals surface area contributed by atoms with Gasteiger partial charge in [0, 0.05) is 29.7 Å². The molecule has 0 atom stereocenters. The van der Waals surface area contributed by atoms with Crippen LogP contribution in [0.2, 0.25) is 0 Å². The van der Waals surface area contributed by atoms with Crippen LogP contribution in [0.4, 0.5) is 0 Å². The molecular formula is C66H61N3O. The fourth-order valence-corrected chi connectivity index (χ4v) is 9.54. The van der Waals surface area contributed by atoms with E-state index in [4.69, 9.17) is 16.8 Å². The Bertz CT molecular complexity index is 3730. The van der Waals surface area contributed by atoms with Gasteiger partial charge in [-0.3, -0.25) is 9.55 Å². The minimum absolute atomic E-state index is 0.0765. The molecule has 0 saturated heterocycles. The number of phenolic OH excluding ortho intramolecular Hbond substituents is 1. The first-order chi connectivity index (χ1) is 35.5. The molecule has 70 heavy (non-hydrogen) atoms. The molecule has 0 aliphatic carbocycles. The number of rotatable bonds is 10. The zero-order valence-electron chi connectivity index (χ0n) is 46.2. The maximum atomic E-state index is 12.4. The van der Waals surface area contributed by atoms with E-state index in [9.17, 15) is 5.11 Å². The second-order valence-corrected chi connectivity index (χ2v) is 20.0. The summed E-state index contributed by atoms with van der Waals surface area (Å²) in [6.07, 6.45) is 1.86. The Labute approximate surface area is 421 Å². The first-order valence-corrected chi connectivity index (χ1v) is 24.0. The zero-order valence-corrected chi connectivity index (χ0v) is 41.2. The SMILES string of the molecule is [2H]C([2H])([2H])c1cc(-c2cc(C([2H])(C)C)cc(C([2H])(C)C)c2)ccc1-n1c(-c2cc(C)cc(C(C)(C)C)c2O)nc2c(-c3cc(-c4ccccc4)cc(-c4cc(-c5ccc(-c6ccccc6)cc5)ccn4)c3)cccc21. The highest BCUT2D eigenvalue weighted by molar-refractivity contribution is 5.98. The third kappa shape index (κ3) is 8.98. The number of aryl methyl sites for hydroxylation is 2. The predicted molar refractivity (Wildman–Crippen MR) is 295 cm³/mol. The van der Waals surface area contributed by atoms with Gasteiger partial charge in [-0.15, -0.1) is 0 Å². The van der Waals surface area contributed by atoms with Crippen LogP contribution >= 0.6 is 0 Å². The van der Waals surface area contributed by atoms with Crippen LogP contribution in [0.25, 0.3) is 95.0 Å². The number of hydrogen-bond donors (Lipinski definition) is 1. The van der Waals surface area contributed by atoms with Crippen molar-refractivity contribution in [2.24, 2.45) is 0 Å². The number of hydrogen-bond acceptors (Lipinski definition) is 3. The number of phenols is 1. The highest BCUT2D eigenvalue weighted by Gasteiger charge is 2.27. The Balaban J connectivity index is 1.20. The van der Waals surface area contributed by atoms with Crippen LogP contribution in [0.1, 0.15) is 94.9 Å². The number of aromatic hydroxyl groups is 1. The summed E-state index contributed by atoms with van der Waals surface area (Å²) in [5.41, 5.74) is 16.1. The maximum Gasteiger partial charge on any atom is 0.149 e. The third-order valence-electron chi connectivity index (χ3n) is 13.4. The Hall–Kier alpha value is -7.82. The molecule has 4 heteroatoms. The number of benzene rings is 8. The van der Waals surface area contributed by atoms with Crippen molar-refractivity contribution < 1.29 is 12.0 Å². The fourth-order valence-electron chi connectivity index (χ4n) is 9.54. The van der Waals surface area contributed by atoms with Crippen molar-refractivity contribution in [3.05, 3.63) is 216 Å². The molecule has 1 N–H and O–H groups in total. The lowest BCUT2D eigenvalue weighted by atomic mass is 9.84. The molecule has 0 radical (unpaired) electrons. The van der Waals surface area contributed by atoms with Crippen molar-refractivity contribution in [3.63, 3.8) is 0 Å². The van der Waals surface area contributed by atoms with E-state index < -0.39 is 24.1 Å². The fraction of sp³-hybridized carbons (Fsp3) is 0.182. The smallest absolute Gasteiger partial charge is 0.149 e. The number of para-hydroxylation sites is 1. The molecule has 0 bridgehead atoms. The van der Waals surface area contributed by atoms with Gasteiger partial charge in [-0.25, -0.2) is 4.98 Å². The second-order valence-electron chi connectivity index (χ2n) is 20.0. The van der Waals surface area contributed by atoms with Gasteiger partial charge < -0.3 is 5.11 Å². The Morgan fingerprint density at radius 3 is 1.74 bits per heavy atom. The molecule has 346 valence electrons. The van der Waals surface area contributed by atoms with Crippen LogP contribution in [-0.4, -0.2) is 19.6 Å². The van der Waals surface area contributed by atoms with Gasteiger partial charge in [-0.05, 0) is 158 Å². The summed E-state index contributed by atoms with van der Waals surface area (Å²) in [6, 6.07) is 61.0. The van der Waals surface area contributed by atoms with Gasteiger partial charge >= 0.3 is 0 Å². The lowest BCUT2D eigenvalue weighted by molar-refractivity contribution is 0.448. The minimum Gasteiger partial charge on any atom is -0.507 e. The Morgan fingerprint density at radius 2 is 1.10 bits per heavy atom. The van der Waals surface area contributed by atoms with Crippen LogP contribution in [0.3, 0.4) is 0 Å². The van der Waals surface area contributed by atoms with E-state index in [1.807, 2.05) is 149 Å². The van der Waals surface area contributed by atoms with E-state index >= 15 is 0 Å². The number of aromatic nitrogens is 3. The number of nitrogens with zero attached hydrogens (tertiary/aromatic N) is 3. The Morgan fingerprint density at radius 1 is 0.529 bits per heavy atom. The van der Waals surface area contributed by atoms with E-state index in [0.29, 0.717) is 33.7 Å². The first-order valence-electron chi connectivity index (χ1n) is 26.5. The second kappa shape index (κ2) is 18.6. The van der Waals surface area contributed by atoms with Crippen molar-refractivity contribution in [1.82, 2.24) is 14.5 Å². The zero-order chi connectivity index (χ0) is 53.2. The van der Waals surface area contributed by atoms with Crippen molar-refractivity contribution in [1.29, 1.82) is 0 Å². The van der Waals surface area contributed by atoms with E-state index in [2.05, 4.69) is 93.6 Å². The predicted octanol–water partition coefficient (Wildman–Crippen LogP) is 18.0. The van der Waals surface area contributed by atoms with E-state index in [1.54, 1.807) is 6.07 Å². The molecule has 0 aliphatic rings. The number of fused-ring (bicyclic) bond motifs is 1. The lowest BCUT2D eigenvalue weighted by Crippen LogP contribution is -2.12. The summed E-state index contributed by atoms with van der Waals surface area (Å²) >= 11 is 0. The number of pyridine rings is 1. The molecule has 0 aliphatic heterocycles. The average molecular weight is 917 g/mol. The molecular weight excluding hydrogens is 851 g/mol. The monoisotopic (exact) mass is 917 g/mol. The molecule has 0 fully saturated rings. The molecule has 10 aromatic rings. The first kappa shape index (κ1) is 40.1. The van der Waals surface area contributed by atoms with Crippen LogP contribution < -0.4 is 0 Å². The molecule has 0 unspecified atom stereocenters. The summed E-state index contributed by atoms with van der Waals surface area (Å²) in [7, 11) is 0. The van der Waals surface area contributed by atoms with Crippen molar-refractivity contribution in [2.75, 3.05) is 0 Å². The molecule has 4 nitrogen and oxygen atoms in total. The minimum atomic E-state index is -2.60. The quantitative estimate of drug-likeness (QED) is 0.149. The van der Waals surface area contributed by atoms with Crippen LogP contribution in [0.15, 0.2) is 188 Å². The van der Waals surface area contributed by atoms with Crippen molar-refractivity contribution in [2.45, 2.75) is 79.4 Å². The third-order valence-corrected chi connectivity index (χ3v) is 13.4. The largest absolute Gasteiger partial charge is 0.507 e. The topological polar surface area (TPSA) is 50.9 Å². The molecule has 2 aromatic heterocycles. The normalized spacial score (nSPS) is 13.3. The van der Waals surface area contributed by atoms with Crippen molar-refractivity contribution >= 4 is 11.0 Å². The highest BCUT2D eigenvalue weighted by atomic mass is 16.3. The highest BCUT2D eigenvalue weighted by Crippen LogP contribution is 2.44. The van der Waals surface area contributed by atoms with Crippen LogP contribution in [0.5, 0.6) is 5.75 Å². The van der Waals surface area contributed by atoms with Gasteiger partial charge in [0.25, 0.3) is 0 Å². The molecule has 10 rings (SSSR count). The average Bonchev–Trinajstić information content (AvgIpc) is 3.79. The van der Waals surface area contributed by atoms with Crippen LogP contribution in [-0.2, 0) is 5.41 Å². The van der Waals surface area contributed by atoms with Gasteiger partial charge in [-0.2, -0.15) is 0 Å². The lowest BCUT2D eigenvalue weighted by Gasteiger charge is -2.23. The molecule has 0 amide bonds. The summed E-state index contributed by atoms with van der Waals surface area (Å²) < 4.78 is 47.1. The summed E-state index contributed by atoms with van der Waals surface area (Å²) in [4.78, 5) is 10.4. The molecule has 0 saturated carbocycles. The van der Waals surface area contributed by atoms with Gasteiger partial charge in [-0.1, -0.05) is 176 Å². The maximum absolute atomic E-state index is 12.4. The standard InChI is InChI=1S/C66H61N3O/c1-41(2)51-34-52(42(3)4)36-54(35-51)49-27-28-61(44(6)33-49)69-62-22-16-21-57(63(62)68-65(69)58-31-43(5)32-59(64(58)70)66(7,8)9)55-37-53(46-19-14-11-15-20-46)38-56(39-55)60-40-50(29-30-67-60)48-25-23-47(24-26-48)45-17-12-10-13-18-45/h10-42,70H,1-9H3/i6D3,41D,42D. The van der Waals surface area contributed by atoms with E-state index in [0.717, 1.165) is 83.6 Å². The van der Waals surface area contributed by atoms with Gasteiger partial charge in [0.15, 0.2) is 0 Å². The summed E-state index contributed by atoms with van der Waals surface area (Å²) in [5.74, 6) is -1.46. The molecule has 0 spiro atoms. The van der Waals surface area contributed by atoms with Gasteiger partial charge in [0.05, 0.1) is 28.0 Å². The van der Waals surface area contributed by atoms with Gasteiger partial charge in [0.2, 0.25) is 0 Å². The van der Waals surface area contributed by atoms with E-state index in [-0.39, 0.29) is 11.3 Å². The van der Waals surface area contributed by atoms with Crippen LogP contribution in [0, 0.1) is 13.8 Å². The van der Waals surface area contributed by atoms with Crippen molar-refractivity contribution in [3.8, 4) is 89.7 Å². The Kier molecular flexibility index (Phi) is 10.6. The molecule has 8 aromatic carbocycles. The summed E-state index contributed by atoms with van der Waals surface area (Å²) in [6.45, 7) is 12.8. The summed E-state index contributed by atoms with van der Waals surface area (Å²) in [5, 5.41) is 12.4. The van der Waals surface area contributed by atoms with Gasteiger partial charge in [0.1, 0.15) is 11.6 Å². The number of imidazole rings is 1. The molecule has 2 heterocycles.